The molecule has 7 nitrogen and oxygen atoms in total. The van der Waals surface area contributed by atoms with Crippen molar-refractivity contribution in [1.29, 1.82) is 0 Å². The second-order valence-corrected chi connectivity index (χ2v) is 8.39. The molecular weight excluding hydrogens is 430 g/mol. The van der Waals surface area contributed by atoms with E-state index in [0.717, 1.165) is 39.3 Å². The Labute approximate surface area is 195 Å². The number of hydrogen-bond donors (Lipinski definition) is 3. The minimum absolute atomic E-state index is 0.0543. The largest absolute Gasteiger partial charge is 0.367 e. The van der Waals surface area contributed by atoms with E-state index in [1.54, 1.807) is 29.9 Å². The van der Waals surface area contributed by atoms with Crippen LogP contribution < -0.4 is 11.1 Å². The summed E-state index contributed by atoms with van der Waals surface area (Å²) in [5.41, 5.74) is 10.9. The van der Waals surface area contributed by atoms with E-state index in [0.29, 0.717) is 12.4 Å². The number of aromatic nitrogens is 5. The van der Waals surface area contributed by atoms with Gasteiger partial charge in [-0.05, 0) is 36.1 Å². The number of thiophene rings is 1. The number of H-pyrrole nitrogens is 1. The molecule has 0 fully saturated rings. The molecule has 0 amide bonds. The molecule has 1 atom stereocenters. The number of anilines is 1. The van der Waals surface area contributed by atoms with Crippen molar-refractivity contribution >= 4 is 27.4 Å². The van der Waals surface area contributed by atoms with Crippen LogP contribution >= 0.6 is 11.3 Å². The Hall–Kier alpha value is -4.06. The molecule has 0 aliphatic rings. The molecule has 0 unspecified atom stereocenters. The van der Waals surface area contributed by atoms with Gasteiger partial charge in [0.2, 0.25) is 0 Å². The van der Waals surface area contributed by atoms with E-state index >= 15 is 0 Å². The third-order valence-electron chi connectivity index (χ3n) is 5.06. The Balaban J connectivity index is 1.47. The summed E-state index contributed by atoms with van der Waals surface area (Å²) < 4.78 is 0.952. The van der Waals surface area contributed by atoms with E-state index in [9.17, 15) is 0 Å². The molecule has 4 aromatic heterocycles. The predicted octanol–water partition coefficient (Wildman–Crippen LogP) is 3.86. The van der Waals surface area contributed by atoms with Crippen LogP contribution in [0.4, 0.5) is 5.82 Å². The second kappa shape index (κ2) is 9.61. The fourth-order valence-corrected chi connectivity index (χ4v) is 4.34. The highest BCUT2D eigenvalue weighted by Crippen LogP contribution is 2.32. The third kappa shape index (κ3) is 4.90. The molecule has 0 aliphatic heterocycles. The number of benzene rings is 1. The van der Waals surface area contributed by atoms with Crippen LogP contribution in [0.15, 0.2) is 72.5 Å². The summed E-state index contributed by atoms with van der Waals surface area (Å²) in [4.78, 5) is 13.7. The van der Waals surface area contributed by atoms with Crippen molar-refractivity contribution in [1.82, 2.24) is 25.1 Å². The quantitative estimate of drug-likeness (QED) is 0.339. The lowest BCUT2D eigenvalue weighted by molar-refractivity contribution is 0.698. The molecule has 8 heteroatoms. The average Bonchev–Trinajstić information content (AvgIpc) is 3.52. The lowest BCUT2D eigenvalue weighted by Crippen LogP contribution is -2.31. The maximum Gasteiger partial charge on any atom is 0.162 e. The SMILES string of the molecule is N[C@H](CNc1nc(-c2ccncc2)nc2c(C#Cc3ccn[nH]3)csc12)Cc1ccccc1. The van der Waals surface area contributed by atoms with Crippen LogP contribution in [0.3, 0.4) is 0 Å². The summed E-state index contributed by atoms with van der Waals surface area (Å²) in [7, 11) is 0. The van der Waals surface area contributed by atoms with Crippen LogP contribution in [0.2, 0.25) is 0 Å². The number of nitrogens with zero attached hydrogens (tertiary/aromatic N) is 4. The fourth-order valence-electron chi connectivity index (χ4n) is 3.43. The Morgan fingerprint density at radius 1 is 1.00 bits per heavy atom. The van der Waals surface area contributed by atoms with Gasteiger partial charge in [0, 0.05) is 42.1 Å². The Morgan fingerprint density at radius 3 is 2.64 bits per heavy atom. The molecule has 0 saturated heterocycles. The zero-order chi connectivity index (χ0) is 22.5. The first-order valence-electron chi connectivity index (χ1n) is 10.5. The first-order valence-corrected chi connectivity index (χ1v) is 11.4. The Morgan fingerprint density at radius 2 is 1.85 bits per heavy atom. The second-order valence-electron chi connectivity index (χ2n) is 7.51. The normalized spacial score (nSPS) is 11.7. The molecule has 0 saturated carbocycles. The van der Waals surface area contributed by atoms with E-state index in [1.165, 1.54) is 5.56 Å². The van der Waals surface area contributed by atoms with Gasteiger partial charge in [-0.2, -0.15) is 5.10 Å². The van der Waals surface area contributed by atoms with Crippen LogP contribution in [0.1, 0.15) is 16.8 Å². The summed E-state index contributed by atoms with van der Waals surface area (Å²) in [6.45, 7) is 0.587. The van der Waals surface area contributed by atoms with Crippen LogP contribution in [0.5, 0.6) is 0 Å². The van der Waals surface area contributed by atoms with Gasteiger partial charge in [-0.15, -0.1) is 11.3 Å². The molecule has 0 bridgehead atoms. The van der Waals surface area contributed by atoms with E-state index in [2.05, 4.69) is 44.5 Å². The number of fused-ring (bicyclic) bond motifs is 1. The highest BCUT2D eigenvalue weighted by atomic mass is 32.1. The van der Waals surface area contributed by atoms with Crippen molar-refractivity contribution < 1.29 is 0 Å². The Bertz CT molecular complexity index is 1400. The molecule has 4 heterocycles. The monoisotopic (exact) mass is 451 g/mol. The smallest absolute Gasteiger partial charge is 0.162 e. The predicted molar refractivity (Wildman–Crippen MR) is 132 cm³/mol. The summed E-state index contributed by atoms with van der Waals surface area (Å²) in [6.07, 6.45) is 5.93. The molecule has 0 spiro atoms. The van der Waals surface area contributed by atoms with Gasteiger partial charge in [0.1, 0.15) is 17.0 Å². The van der Waals surface area contributed by atoms with E-state index in [-0.39, 0.29) is 6.04 Å². The number of rotatable bonds is 6. The standard InChI is InChI=1S/C25H21N7S/c26-20(14-17-4-2-1-3-5-17)15-28-25-23-22(30-24(31-25)18-8-11-27-12-9-18)19(16-33-23)6-7-21-10-13-29-32-21/h1-5,8-13,16,20H,14-15,26H2,(H,29,32)(H,28,30,31)/t20-/m0/s1. The summed E-state index contributed by atoms with van der Waals surface area (Å²) >= 11 is 1.57. The van der Waals surface area contributed by atoms with Crippen LogP contribution in [-0.2, 0) is 6.42 Å². The zero-order valence-electron chi connectivity index (χ0n) is 17.7. The molecule has 4 N–H and O–H groups in total. The van der Waals surface area contributed by atoms with Crippen LogP contribution in [-0.4, -0.2) is 37.7 Å². The van der Waals surface area contributed by atoms with Gasteiger partial charge >= 0.3 is 0 Å². The van der Waals surface area contributed by atoms with Crippen LogP contribution in [0.25, 0.3) is 21.6 Å². The highest BCUT2D eigenvalue weighted by molar-refractivity contribution is 7.18. The zero-order valence-corrected chi connectivity index (χ0v) is 18.5. The van der Waals surface area contributed by atoms with Crippen molar-refractivity contribution in [3.63, 3.8) is 0 Å². The maximum absolute atomic E-state index is 6.41. The van der Waals surface area contributed by atoms with E-state index in [1.807, 2.05) is 41.8 Å². The molecule has 0 radical (unpaired) electrons. The van der Waals surface area contributed by atoms with Gasteiger partial charge in [0.05, 0.1) is 10.3 Å². The Kier molecular flexibility index (Phi) is 6.06. The van der Waals surface area contributed by atoms with Crippen molar-refractivity contribution in [3.8, 4) is 23.2 Å². The van der Waals surface area contributed by atoms with Gasteiger partial charge in [-0.25, -0.2) is 9.97 Å². The van der Waals surface area contributed by atoms with Gasteiger partial charge in [-0.3, -0.25) is 10.1 Å². The van der Waals surface area contributed by atoms with Gasteiger partial charge in [-0.1, -0.05) is 36.3 Å². The van der Waals surface area contributed by atoms with E-state index < -0.39 is 0 Å². The van der Waals surface area contributed by atoms with Crippen molar-refractivity contribution in [2.45, 2.75) is 12.5 Å². The maximum atomic E-state index is 6.41. The average molecular weight is 452 g/mol. The summed E-state index contributed by atoms with van der Waals surface area (Å²) in [5.74, 6) is 7.69. The van der Waals surface area contributed by atoms with Crippen LogP contribution in [0, 0.1) is 11.8 Å². The summed E-state index contributed by atoms with van der Waals surface area (Å²) in [6, 6.07) is 15.8. The molecular formula is C25H21N7S. The number of nitrogens with two attached hydrogens (primary N) is 1. The van der Waals surface area contributed by atoms with Crippen molar-refractivity contribution in [2.24, 2.45) is 5.73 Å². The minimum atomic E-state index is -0.0543. The van der Waals surface area contributed by atoms with Gasteiger partial charge in [0.25, 0.3) is 0 Å². The molecule has 5 aromatic rings. The number of nitrogens with one attached hydrogen (secondary N) is 2. The number of aromatic amines is 1. The van der Waals surface area contributed by atoms with Gasteiger partial charge in [0.15, 0.2) is 5.82 Å². The fraction of sp³-hybridized carbons (Fsp3) is 0.120. The topological polar surface area (TPSA) is 105 Å². The minimum Gasteiger partial charge on any atom is -0.367 e. The molecule has 0 aliphatic carbocycles. The van der Waals surface area contributed by atoms with Gasteiger partial charge < -0.3 is 11.1 Å². The first kappa shape index (κ1) is 20.8. The summed E-state index contributed by atoms with van der Waals surface area (Å²) in [5, 5.41) is 12.3. The lowest BCUT2D eigenvalue weighted by atomic mass is 10.1. The lowest BCUT2D eigenvalue weighted by Gasteiger charge is -2.14. The number of hydrogen-bond acceptors (Lipinski definition) is 7. The van der Waals surface area contributed by atoms with Crippen molar-refractivity contribution in [3.05, 3.63) is 89.3 Å². The molecule has 162 valence electrons. The highest BCUT2D eigenvalue weighted by Gasteiger charge is 2.15. The third-order valence-corrected chi connectivity index (χ3v) is 6.03. The molecule has 33 heavy (non-hydrogen) atoms. The number of pyridine rings is 1. The molecule has 1 aromatic carbocycles. The van der Waals surface area contributed by atoms with Crippen molar-refractivity contribution in [2.75, 3.05) is 11.9 Å². The van der Waals surface area contributed by atoms with E-state index in [4.69, 9.17) is 15.7 Å². The first-order chi connectivity index (χ1) is 16.3. The molecule has 5 rings (SSSR count).